The van der Waals surface area contributed by atoms with Gasteiger partial charge in [-0.3, -0.25) is 0 Å². The van der Waals surface area contributed by atoms with E-state index in [4.69, 9.17) is 0 Å². The Morgan fingerprint density at radius 1 is 1.31 bits per heavy atom. The minimum Gasteiger partial charge on any atom is -0.317 e. The number of aromatic nitrogens is 1. The summed E-state index contributed by atoms with van der Waals surface area (Å²) in [6, 6.07) is 10.8. The molecule has 2 nitrogen and oxygen atoms in total. The van der Waals surface area contributed by atoms with Crippen molar-refractivity contribution in [1.29, 1.82) is 0 Å². The standard InChI is InChI=1S/C13H16N2S/c1-10(14-2)8-13-15-12(9-16-13)11-6-4-3-5-7-11/h3-7,9-10,14H,8H2,1-2H3. The Hall–Kier alpha value is -1.19. The second-order valence-electron chi connectivity index (χ2n) is 3.89. The van der Waals surface area contributed by atoms with E-state index < -0.39 is 0 Å². The number of hydrogen-bond donors (Lipinski definition) is 1. The molecule has 0 aliphatic heterocycles. The molecule has 3 heteroatoms. The summed E-state index contributed by atoms with van der Waals surface area (Å²) in [5.74, 6) is 0. The Labute approximate surface area is 100 Å². The van der Waals surface area contributed by atoms with Crippen molar-refractivity contribution in [3.05, 3.63) is 40.7 Å². The van der Waals surface area contributed by atoms with Crippen LogP contribution in [0.15, 0.2) is 35.7 Å². The summed E-state index contributed by atoms with van der Waals surface area (Å²) in [5, 5.41) is 6.56. The average Bonchev–Trinajstić information content (AvgIpc) is 2.78. The molecule has 84 valence electrons. The van der Waals surface area contributed by atoms with Gasteiger partial charge in [0.15, 0.2) is 0 Å². The van der Waals surface area contributed by atoms with Crippen molar-refractivity contribution < 1.29 is 0 Å². The van der Waals surface area contributed by atoms with Gasteiger partial charge in [-0.1, -0.05) is 30.3 Å². The van der Waals surface area contributed by atoms with Crippen LogP contribution in [0.5, 0.6) is 0 Å². The molecule has 0 aliphatic rings. The van der Waals surface area contributed by atoms with E-state index >= 15 is 0 Å². The number of benzene rings is 1. The fraction of sp³-hybridized carbons (Fsp3) is 0.308. The van der Waals surface area contributed by atoms with Crippen LogP contribution >= 0.6 is 11.3 Å². The van der Waals surface area contributed by atoms with E-state index in [0.717, 1.165) is 12.1 Å². The minimum atomic E-state index is 0.481. The largest absolute Gasteiger partial charge is 0.317 e. The van der Waals surface area contributed by atoms with Crippen molar-refractivity contribution in [2.45, 2.75) is 19.4 Å². The van der Waals surface area contributed by atoms with Crippen LogP contribution in [0, 0.1) is 0 Å². The lowest BCUT2D eigenvalue weighted by Crippen LogP contribution is -2.23. The fourth-order valence-corrected chi connectivity index (χ4v) is 2.44. The van der Waals surface area contributed by atoms with Crippen LogP contribution in [0.1, 0.15) is 11.9 Å². The summed E-state index contributed by atoms with van der Waals surface area (Å²) in [4.78, 5) is 4.65. The Balaban J connectivity index is 2.14. The van der Waals surface area contributed by atoms with Crippen molar-refractivity contribution in [2.75, 3.05) is 7.05 Å². The molecule has 2 aromatic rings. The molecule has 0 spiro atoms. The van der Waals surface area contributed by atoms with Gasteiger partial charge in [0.25, 0.3) is 0 Å². The number of thiazole rings is 1. The second kappa shape index (κ2) is 5.23. The van der Waals surface area contributed by atoms with Crippen LogP contribution in [0.2, 0.25) is 0 Å². The molecule has 1 unspecified atom stereocenters. The van der Waals surface area contributed by atoms with Gasteiger partial charge in [-0.15, -0.1) is 11.3 Å². The summed E-state index contributed by atoms with van der Waals surface area (Å²) in [6.07, 6.45) is 0.994. The maximum atomic E-state index is 4.65. The number of likely N-dealkylation sites (N-methyl/N-ethyl adjacent to an activating group) is 1. The van der Waals surface area contributed by atoms with E-state index in [1.807, 2.05) is 25.2 Å². The minimum absolute atomic E-state index is 0.481. The predicted molar refractivity (Wildman–Crippen MR) is 69.8 cm³/mol. The quantitative estimate of drug-likeness (QED) is 0.876. The highest BCUT2D eigenvalue weighted by Crippen LogP contribution is 2.22. The molecule has 1 atom stereocenters. The zero-order chi connectivity index (χ0) is 11.4. The van der Waals surface area contributed by atoms with Crippen LogP contribution in [0.25, 0.3) is 11.3 Å². The van der Waals surface area contributed by atoms with Crippen LogP contribution in [-0.2, 0) is 6.42 Å². The van der Waals surface area contributed by atoms with E-state index in [9.17, 15) is 0 Å². The first kappa shape index (κ1) is 11.3. The highest BCUT2D eigenvalue weighted by molar-refractivity contribution is 7.09. The third-order valence-corrected chi connectivity index (χ3v) is 3.47. The molecule has 0 amide bonds. The third kappa shape index (κ3) is 2.68. The van der Waals surface area contributed by atoms with Crippen molar-refractivity contribution in [3.63, 3.8) is 0 Å². The lowest BCUT2D eigenvalue weighted by molar-refractivity contribution is 0.607. The maximum Gasteiger partial charge on any atom is 0.0948 e. The molecule has 2 rings (SSSR count). The average molecular weight is 232 g/mol. The van der Waals surface area contributed by atoms with Gasteiger partial charge >= 0.3 is 0 Å². The maximum absolute atomic E-state index is 4.65. The molecular formula is C13H16N2S. The van der Waals surface area contributed by atoms with Gasteiger partial charge in [-0.25, -0.2) is 4.98 Å². The van der Waals surface area contributed by atoms with Gasteiger partial charge in [-0.2, -0.15) is 0 Å². The van der Waals surface area contributed by atoms with Crippen molar-refractivity contribution >= 4 is 11.3 Å². The van der Waals surface area contributed by atoms with Crippen molar-refractivity contribution in [1.82, 2.24) is 10.3 Å². The first-order valence-corrected chi connectivity index (χ1v) is 6.34. The SMILES string of the molecule is CNC(C)Cc1nc(-c2ccccc2)cs1. The lowest BCUT2D eigenvalue weighted by atomic mass is 10.2. The molecule has 0 aliphatic carbocycles. The van der Waals surface area contributed by atoms with Crippen LogP contribution in [0.4, 0.5) is 0 Å². The molecule has 1 aromatic carbocycles. The molecule has 1 aromatic heterocycles. The van der Waals surface area contributed by atoms with E-state index in [-0.39, 0.29) is 0 Å². The van der Waals surface area contributed by atoms with Gasteiger partial charge < -0.3 is 5.32 Å². The van der Waals surface area contributed by atoms with Gasteiger partial charge in [0.05, 0.1) is 10.7 Å². The molecule has 0 saturated heterocycles. The molecule has 1 N–H and O–H groups in total. The highest BCUT2D eigenvalue weighted by atomic mass is 32.1. The summed E-state index contributed by atoms with van der Waals surface area (Å²) in [5.41, 5.74) is 2.28. The molecule has 16 heavy (non-hydrogen) atoms. The van der Waals surface area contributed by atoms with Crippen molar-refractivity contribution in [2.24, 2.45) is 0 Å². The van der Waals surface area contributed by atoms with Crippen LogP contribution in [-0.4, -0.2) is 18.1 Å². The monoisotopic (exact) mass is 232 g/mol. The number of nitrogens with one attached hydrogen (secondary N) is 1. The Morgan fingerprint density at radius 3 is 2.75 bits per heavy atom. The summed E-state index contributed by atoms with van der Waals surface area (Å²) in [7, 11) is 1.98. The smallest absolute Gasteiger partial charge is 0.0948 e. The zero-order valence-electron chi connectivity index (χ0n) is 9.60. The molecule has 0 fully saturated rings. The number of hydrogen-bond acceptors (Lipinski definition) is 3. The summed E-state index contributed by atoms with van der Waals surface area (Å²) < 4.78 is 0. The molecule has 0 bridgehead atoms. The predicted octanol–water partition coefficient (Wildman–Crippen LogP) is 2.96. The van der Waals surface area contributed by atoms with Gasteiger partial charge in [-0.05, 0) is 14.0 Å². The second-order valence-corrected chi connectivity index (χ2v) is 4.83. The third-order valence-electron chi connectivity index (χ3n) is 2.59. The van der Waals surface area contributed by atoms with Crippen LogP contribution < -0.4 is 5.32 Å². The Bertz CT molecular complexity index is 436. The van der Waals surface area contributed by atoms with E-state index in [1.54, 1.807) is 11.3 Å². The molecule has 0 radical (unpaired) electrons. The summed E-state index contributed by atoms with van der Waals surface area (Å²) >= 11 is 1.74. The Kier molecular flexibility index (Phi) is 3.70. The number of rotatable bonds is 4. The number of nitrogens with zero attached hydrogens (tertiary/aromatic N) is 1. The summed E-state index contributed by atoms with van der Waals surface area (Å²) in [6.45, 7) is 2.17. The van der Waals surface area contributed by atoms with E-state index in [1.165, 1.54) is 10.6 Å². The van der Waals surface area contributed by atoms with E-state index in [0.29, 0.717) is 6.04 Å². The van der Waals surface area contributed by atoms with Crippen molar-refractivity contribution in [3.8, 4) is 11.3 Å². The Morgan fingerprint density at radius 2 is 2.06 bits per heavy atom. The first-order chi connectivity index (χ1) is 7.79. The van der Waals surface area contributed by atoms with Gasteiger partial charge in [0.2, 0.25) is 0 Å². The van der Waals surface area contributed by atoms with Gasteiger partial charge in [0.1, 0.15) is 0 Å². The topological polar surface area (TPSA) is 24.9 Å². The lowest BCUT2D eigenvalue weighted by Gasteiger charge is -2.06. The zero-order valence-corrected chi connectivity index (χ0v) is 10.4. The molecule has 0 saturated carbocycles. The van der Waals surface area contributed by atoms with E-state index in [2.05, 4.69) is 34.7 Å². The molecular weight excluding hydrogens is 216 g/mol. The highest BCUT2D eigenvalue weighted by Gasteiger charge is 2.06. The normalized spacial score (nSPS) is 12.6. The molecule has 1 heterocycles. The van der Waals surface area contributed by atoms with Crippen LogP contribution in [0.3, 0.4) is 0 Å². The first-order valence-electron chi connectivity index (χ1n) is 5.46. The van der Waals surface area contributed by atoms with Gasteiger partial charge in [0, 0.05) is 23.4 Å². The fourth-order valence-electron chi connectivity index (χ4n) is 1.51.